The van der Waals surface area contributed by atoms with Crippen LogP contribution in [-0.2, 0) is 23.1 Å². The van der Waals surface area contributed by atoms with Crippen LogP contribution in [0.1, 0.15) is 21.9 Å². The van der Waals surface area contributed by atoms with Gasteiger partial charge in [0.15, 0.2) is 5.76 Å². The lowest BCUT2D eigenvalue weighted by Crippen LogP contribution is -2.22. The molecule has 0 aliphatic rings. The normalized spacial score (nSPS) is 11.8. The maximum absolute atomic E-state index is 12.4. The molecule has 1 N–H and O–H groups in total. The Morgan fingerprint density at radius 2 is 1.93 bits per heavy atom. The molecule has 5 nitrogen and oxygen atoms in total. The van der Waals surface area contributed by atoms with Gasteiger partial charge < -0.3 is 14.5 Å². The van der Waals surface area contributed by atoms with Crippen molar-refractivity contribution < 1.29 is 18.2 Å². The summed E-state index contributed by atoms with van der Waals surface area (Å²) in [5.41, 5.74) is 0.834. The Morgan fingerprint density at radius 1 is 1.18 bits per heavy atom. The number of benzene rings is 2. The lowest BCUT2D eigenvalue weighted by atomic mass is 10.2. The lowest BCUT2D eigenvalue weighted by molar-refractivity contribution is 0.0921. The molecule has 8 heteroatoms. The zero-order chi connectivity index (χ0) is 20.1. The maximum atomic E-state index is 12.4. The molecule has 0 fully saturated rings. The van der Waals surface area contributed by atoms with Crippen LogP contribution in [0.25, 0.3) is 0 Å². The summed E-state index contributed by atoms with van der Waals surface area (Å²) < 4.78 is 24.2. The van der Waals surface area contributed by atoms with Crippen molar-refractivity contribution in [2.24, 2.45) is 0 Å². The fourth-order valence-corrected chi connectivity index (χ4v) is 4.08. The van der Waals surface area contributed by atoms with E-state index in [0.29, 0.717) is 21.4 Å². The predicted molar refractivity (Wildman–Crippen MR) is 112 cm³/mol. The molecule has 0 saturated carbocycles. The monoisotopic (exact) mass is 481 g/mol. The number of furan rings is 1. The first kappa shape index (κ1) is 20.6. The zero-order valence-electron chi connectivity index (χ0n) is 14.9. The molecule has 0 aliphatic heterocycles. The van der Waals surface area contributed by atoms with E-state index in [-0.39, 0.29) is 24.0 Å². The van der Waals surface area contributed by atoms with Gasteiger partial charge in [-0.2, -0.15) is 0 Å². The van der Waals surface area contributed by atoms with E-state index in [1.165, 1.54) is 0 Å². The number of rotatable bonds is 7. The summed E-state index contributed by atoms with van der Waals surface area (Å²) in [6, 6.07) is 15.6. The maximum Gasteiger partial charge on any atom is 0.287 e. The fraction of sp³-hybridized carbons (Fsp3) is 0.150. The van der Waals surface area contributed by atoms with Crippen molar-refractivity contribution >= 4 is 44.2 Å². The van der Waals surface area contributed by atoms with Gasteiger partial charge in [0.1, 0.15) is 11.5 Å². The molecule has 0 aliphatic carbocycles. The van der Waals surface area contributed by atoms with Gasteiger partial charge in [-0.3, -0.25) is 9.00 Å². The summed E-state index contributed by atoms with van der Waals surface area (Å²) >= 11 is 9.25. The first-order valence-electron chi connectivity index (χ1n) is 8.29. The number of nitrogens with one attached hydrogen (secondary N) is 1. The summed E-state index contributed by atoms with van der Waals surface area (Å²) in [7, 11) is 0.289. The van der Waals surface area contributed by atoms with Crippen molar-refractivity contribution in [2.45, 2.75) is 17.2 Å². The molecular formula is C20H17BrClNO4S. The predicted octanol–water partition coefficient (Wildman–Crippen LogP) is 4.94. The Morgan fingerprint density at radius 3 is 2.64 bits per heavy atom. The molecule has 3 aromatic rings. The Labute approximate surface area is 178 Å². The third-order valence-corrected chi connectivity index (χ3v) is 6.01. The molecule has 3 rings (SSSR count). The average Bonchev–Trinajstić information content (AvgIpc) is 3.15. The largest absolute Gasteiger partial charge is 0.496 e. The van der Waals surface area contributed by atoms with Crippen LogP contribution in [0.2, 0.25) is 5.02 Å². The fourth-order valence-electron chi connectivity index (χ4n) is 2.52. The highest BCUT2D eigenvalue weighted by molar-refractivity contribution is 9.10. The number of methoxy groups -OCH3 is 1. The van der Waals surface area contributed by atoms with E-state index in [0.717, 1.165) is 10.0 Å². The molecule has 0 spiro atoms. The van der Waals surface area contributed by atoms with Gasteiger partial charge in [0, 0.05) is 26.5 Å². The zero-order valence-corrected chi connectivity index (χ0v) is 18.1. The third kappa shape index (κ3) is 5.25. The molecule has 1 amide bonds. The summed E-state index contributed by atoms with van der Waals surface area (Å²) in [6.07, 6.45) is 0. The molecule has 1 aromatic heterocycles. The molecule has 0 radical (unpaired) electrons. The second-order valence-electron chi connectivity index (χ2n) is 5.85. The first-order valence-corrected chi connectivity index (χ1v) is 10.8. The Kier molecular flexibility index (Phi) is 6.93. The van der Waals surface area contributed by atoms with E-state index >= 15 is 0 Å². The van der Waals surface area contributed by atoms with E-state index in [1.54, 1.807) is 43.5 Å². The average molecular weight is 483 g/mol. The van der Waals surface area contributed by atoms with Crippen molar-refractivity contribution in [1.29, 1.82) is 0 Å². The molecule has 28 heavy (non-hydrogen) atoms. The van der Waals surface area contributed by atoms with Gasteiger partial charge in [0.05, 0.1) is 23.7 Å². The van der Waals surface area contributed by atoms with E-state index in [4.69, 9.17) is 20.8 Å². The van der Waals surface area contributed by atoms with Crippen LogP contribution in [0.3, 0.4) is 0 Å². The SMILES string of the molecule is COc1ccc(Br)cc1CNC(=O)c1ccc(C[S@](=O)c2ccc(Cl)cc2)o1. The van der Waals surface area contributed by atoms with Crippen molar-refractivity contribution in [2.75, 3.05) is 7.11 Å². The molecular weight excluding hydrogens is 466 g/mol. The van der Waals surface area contributed by atoms with E-state index < -0.39 is 10.8 Å². The first-order chi connectivity index (χ1) is 13.5. The van der Waals surface area contributed by atoms with Crippen molar-refractivity contribution in [3.63, 3.8) is 0 Å². The van der Waals surface area contributed by atoms with Crippen molar-refractivity contribution in [1.82, 2.24) is 5.32 Å². The van der Waals surface area contributed by atoms with Crippen LogP contribution in [-0.4, -0.2) is 17.2 Å². The topological polar surface area (TPSA) is 68.5 Å². The quantitative estimate of drug-likeness (QED) is 0.518. The third-order valence-electron chi connectivity index (χ3n) is 3.92. The molecule has 1 atom stereocenters. The van der Waals surface area contributed by atoms with E-state index in [1.807, 2.05) is 18.2 Å². The van der Waals surface area contributed by atoms with Gasteiger partial charge in [-0.1, -0.05) is 27.5 Å². The molecule has 0 unspecified atom stereocenters. The van der Waals surface area contributed by atoms with Gasteiger partial charge in [0.2, 0.25) is 0 Å². The Bertz CT molecular complexity index is 1000. The number of hydrogen-bond donors (Lipinski definition) is 1. The van der Waals surface area contributed by atoms with Crippen LogP contribution in [0.15, 0.2) is 68.4 Å². The highest BCUT2D eigenvalue weighted by Gasteiger charge is 2.14. The standard InChI is InChI=1S/C20H17BrClNO4S/c1-26-18-8-2-14(21)10-13(18)11-23-20(24)19-9-5-16(27-19)12-28(25)17-6-3-15(22)4-7-17/h2-10H,11-12H2,1H3,(H,23,24)/t28-/m0/s1. The summed E-state index contributed by atoms with van der Waals surface area (Å²) in [6.45, 7) is 0.286. The highest BCUT2D eigenvalue weighted by atomic mass is 79.9. The Balaban J connectivity index is 1.62. The minimum atomic E-state index is -1.29. The van der Waals surface area contributed by atoms with Crippen molar-refractivity contribution in [3.8, 4) is 5.75 Å². The van der Waals surface area contributed by atoms with Gasteiger partial charge >= 0.3 is 0 Å². The van der Waals surface area contributed by atoms with Gasteiger partial charge in [-0.25, -0.2) is 0 Å². The molecule has 146 valence electrons. The number of hydrogen-bond acceptors (Lipinski definition) is 4. The Hall–Kier alpha value is -2.09. The smallest absolute Gasteiger partial charge is 0.287 e. The number of halogens is 2. The summed E-state index contributed by atoms with van der Waals surface area (Å²) in [5.74, 6) is 1.14. The second kappa shape index (κ2) is 9.41. The number of ether oxygens (including phenoxy) is 1. The van der Waals surface area contributed by atoms with E-state index in [2.05, 4.69) is 21.2 Å². The van der Waals surface area contributed by atoms with Crippen LogP contribution in [0.5, 0.6) is 5.75 Å². The molecule has 0 bridgehead atoms. The summed E-state index contributed by atoms with van der Waals surface area (Å²) in [5, 5.41) is 3.38. The highest BCUT2D eigenvalue weighted by Crippen LogP contribution is 2.23. The van der Waals surface area contributed by atoms with Crippen LogP contribution in [0, 0.1) is 0 Å². The minimum absolute atomic E-state index is 0.164. The van der Waals surface area contributed by atoms with E-state index in [9.17, 15) is 9.00 Å². The van der Waals surface area contributed by atoms with Gasteiger partial charge in [-0.15, -0.1) is 0 Å². The molecule has 0 saturated heterocycles. The van der Waals surface area contributed by atoms with Crippen LogP contribution < -0.4 is 10.1 Å². The van der Waals surface area contributed by atoms with Crippen LogP contribution >= 0.6 is 27.5 Å². The molecule has 2 aromatic carbocycles. The number of carbonyl (C=O) groups is 1. The van der Waals surface area contributed by atoms with Gasteiger partial charge in [-0.05, 0) is 54.6 Å². The minimum Gasteiger partial charge on any atom is -0.496 e. The second-order valence-corrected chi connectivity index (χ2v) is 8.65. The lowest BCUT2D eigenvalue weighted by Gasteiger charge is -2.09. The van der Waals surface area contributed by atoms with Gasteiger partial charge in [0.25, 0.3) is 5.91 Å². The number of carbonyl (C=O) groups excluding carboxylic acids is 1. The molecule has 1 heterocycles. The number of amides is 1. The summed E-state index contributed by atoms with van der Waals surface area (Å²) in [4.78, 5) is 13.0. The van der Waals surface area contributed by atoms with Crippen molar-refractivity contribution in [3.05, 3.63) is 81.2 Å². The van der Waals surface area contributed by atoms with Crippen LogP contribution in [0.4, 0.5) is 0 Å².